The van der Waals surface area contributed by atoms with Crippen LogP contribution in [-0.2, 0) is 4.79 Å². The Balaban J connectivity index is 1.54. The van der Waals surface area contributed by atoms with E-state index in [1.54, 1.807) is 37.5 Å². The van der Waals surface area contributed by atoms with E-state index in [-0.39, 0.29) is 11.8 Å². The van der Waals surface area contributed by atoms with Gasteiger partial charge in [0.15, 0.2) is 11.5 Å². The molecule has 0 aliphatic carbocycles. The minimum atomic E-state index is -0.342. The summed E-state index contributed by atoms with van der Waals surface area (Å²) in [5, 5.41) is 11.8. The molecule has 0 aliphatic rings. The van der Waals surface area contributed by atoms with E-state index >= 15 is 0 Å². The summed E-state index contributed by atoms with van der Waals surface area (Å²) in [5.41, 5.74) is 4.42. The molecule has 5 rings (SSSR count). The first-order chi connectivity index (χ1) is 16.4. The zero-order valence-corrected chi connectivity index (χ0v) is 18.5. The molecular formula is C23H21N9O2. The highest BCUT2D eigenvalue weighted by molar-refractivity contribution is 6.05. The van der Waals surface area contributed by atoms with Crippen LogP contribution in [0.15, 0.2) is 48.8 Å². The van der Waals surface area contributed by atoms with Gasteiger partial charge in [0.25, 0.3) is 5.91 Å². The quantitative estimate of drug-likeness (QED) is 0.180. The van der Waals surface area contributed by atoms with E-state index in [9.17, 15) is 9.59 Å². The molecule has 0 saturated heterocycles. The molecule has 1 aromatic carbocycles. The summed E-state index contributed by atoms with van der Waals surface area (Å²) in [7, 11) is 1.49. The van der Waals surface area contributed by atoms with Crippen molar-refractivity contribution in [2.24, 2.45) is 5.84 Å². The average molecular weight is 455 g/mol. The van der Waals surface area contributed by atoms with Crippen molar-refractivity contribution < 1.29 is 9.59 Å². The van der Waals surface area contributed by atoms with Crippen LogP contribution in [0.5, 0.6) is 0 Å². The topological polar surface area (TPSA) is 159 Å². The zero-order valence-electron chi connectivity index (χ0n) is 18.5. The number of hydrazine groups is 1. The van der Waals surface area contributed by atoms with Crippen LogP contribution in [0.4, 0.5) is 5.82 Å². The molecule has 4 aromatic heterocycles. The summed E-state index contributed by atoms with van der Waals surface area (Å²) < 4.78 is 0. The summed E-state index contributed by atoms with van der Waals surface area (Å²) in [4.78, 5) is 40.7. The maximum atomic E-state index is 12.5. The average Bonchev–Trinajstić information content (AvgIpc) is 3.47. The van der Waals surface area contributed by atoms with Crippen molar-refractivity contribution in [3.63, 3.8) is 0 Å². The molecule has 0 spiro atoms. The van der Waals surface area contributed by atoms with E-state index < -0.39 is 0 Å². The second-order valence-corrected chi connectivity index (χ2v) is 7.73. The predicted molar refractivity (Wildman–Crippen MR) is 127 cm³/mol. The Labute approximate surface area is 193 Å². The fraction of sp³-hybridized carbons (Fsp3) is 0.130. The third-order valence-corrected chi connectivity index (χ3v) is 5.39. The van der Waals surface area contributed by atoms with Gasteiger partial charge >= 0.3 is 0 Å². The highest BCUT2D eigenvalue weighted by atomic mass is 16.2. The summed E-state index contributed by atoms with van der Waals surface area (Å²) >= 11 is 0. The summed E-state index contributed by atoms with van der Waals surface area (Å²) in [5.74, 6) is 6.19. The van der Waals surface area contributed by atoms with Crippen LogP contribution in [0.1, 0.15) is 23.7 Å². The van der Waals surface area contributed by atoms with Crippen molar-refractivity contribution in [2.75, 3.05) is 12.4 Å². The largest absolute Gasteiger partial charge is 0.337 e. The molecule has 34 heavy (non-hydrogen) atoms. The van der Waals surface area contributed by atoms with Gasteiger partial charge in [-0.1, -0.05) is 13.0 Å². The van der Waals surface area contributed by atoms with Crippen LogP contribution in [0.3, 0.4) is 0 Å². The predicted octanol–water partition coefficient (Wildman–Crippen LogP) is 2.86. The number of aromatic nitrogens is 6. The van der Waals surface area contributed by atoms with Gasteiger partial charge in [-0.15, -0.1) is 0 Å². The molecular weight excluding hydrogens is 434 g/mol. The number of aromatic amines is 2. The van der Waals surface area contributed by atoms with E-state index in [1.165, 1.54) is 7.05 Å². The van der Waals surface area contributed by atoms with Crippen molar-refractivity contribution in [3.05, 3.63) is 54.4 Å². The minimum Gasteiger partial charge on any atom is -0.337 e. The number of carbonyl (C=O) groups is 2. The normalized spacial score (nSPS) is 11.1. The Bertz CT molecular complexity index is 1530. The first-order valence-corrected chi connectivity index (χ1v) is 10.6. The number of pyridine rings is 2. The first kappa shape index (κ1) is 21.2. The lowest BCUT2D eigenvalue weighted by atomic mass is 10.1. The van der Waals surface area contributed by atoms with E-state index in [1.807, 2.05) is 18.2 Å². The number of anilines is 1. The van der Waals surface area contributed by atoms with Crippen LogP contribution >= 0.6 is 0 Å². The van der Waals surface area contributed by atoms with Gasteiger partial charge in [0.05, 0.1) is 16.5 Å². The second-order valence-electron chi connectivity index (χ2n) is 7.73. The number of nitrogens with two attached hydrogens (primary N) is 1. The maximum Gasteiger partial charge on any atom is 0.269 e. The molecule has 170 valence electrons. The van der Waals surface area contributed by atoms with Crippen molar-refractivity contribution in [1.82, 2.24) is 35.1 Å². The third kappa shape index (κ3) is 3.73. The lowest BCUT2D eigenvalue weighted by Gasteiger charge is -2.09. The number of hydrogen-bond donors (Lipinski definition) is 4. The SMILES string of the molecule is CCC(=O)Nc1ccc(-c2cnc3[nH]nc(-c4nc5c(C(=O)N(C)N)cccc5[nH]4)c3c2)cn1. The lowest BCUT2D eigenvalue weighted by Crippen LogP contribution is -2.33. The minimum absolute atomic E-state index is 0.0971. The highest BCUT2D eigenvalue weighted by Gasteiger charge is 2.19. The van der Waals surface area contributed by atoms with Crippen LogP contribution in [0, 0.1) is 0 Å². The van der Waals surface area contributed by atoms with Gasteiger partial charge < -0.3 is 10.3 Å². The van der Waals surface area contributed by atoms with Gasteiger partial charge in [-0.3, -0.25) is 19.7 Å². The number of carbonyl (C=O) groups excluding carboxylic acids is 2. The maximum absolute atomic E-state index is 12.5. The molecule has 0 unspecified atom stereocenters. The van der Waals surface area contributed by atoms with E-state index in [4.69, 9.17) is 5.84 Å². The Morgan fingerprint density at radius 3 is 2.68 bits per heavy atom. The molecule has 0 atom stereocenters. The van der Waals surface area contributed by atoms with E-state index in [0.29, 0.717) is 46.0 Å². The molecule has 0 bridgehead atoms. The molecule has 5 N–H and O–H groups in total. The van der Waals surface area contributed by atoms with Gasteiger partial charge in [0, 0.05) is 37.0 Å². The molecule has 0 saturated carbocycles. The van der Waals surface area contributed by atoms with Crippen molar-refractivity contribution in [2.45, 2.75) is 13.3 Å². The van der Waals surface area contributed by atoms with E-state index in [0.717, 1.165) is 21.5 Å². The fourth-order valence-electron chi connectivity index (χ4n) is 3.62. The number of H-pyrrole nitrogens is 2. The van der Waals surface area contributed by atoms with Gasteiger partial charge in [0.1, 0.15) is 17.0 Å². The summed E-state index contributed by atoms with van der Waals surface area (Å²) in [6, 6.07) is 10.8. The number of rotatable bonds is 5. The van der Waals surface area contributed by atoms with Gasteiger partial charge in [-0.05, 0) is 30.3 Å². The van der Waals surface area contributed by atoms with Crippen LogP contribution in [0.25, 0.3) is 44.7 Å². The molecule has 5 aromatic rings. The number of nitrogens with zero attached hydrogens (tertiary/aromatic N) is 5. The number of benzene rings is 1. The van der Waals surface area contributed by atoms with Gasteiger partial charge in [-0.25, -0.2) is 20.8 Å². The molecule has 2 amide bonds. The standard InChI is InChI=1S/C23H21N9O2/c1-3-18(33)28-17-8-7-12(10-25-17)13-9-15-20(30-31-21(15)26-11-13)22-27-16-6-4-5-14(19(16)29-22)23(34)32(2)24/h4-11H,3,24H2,1-2H3,(H,27,29)(H,25,28,33)(H,26,30,31). The number of hydrogen-bond acceptors (Lipinski definition) is 7. The molecule has 4 heterocycles. The monoisotopic (exact) mass is 455 g/mol. The molecule has 11 nitrogen and oxygen atoms in total. The Kier molecular flexibility index (Phi) is 5.22. The Hall–Kier alpha value is -4.64. The van der Waals surface area contributed by atoms with Crippen molar-refractivity contribution >= 4 is 39.7 Å². The Morgan fingerprint density at radius 2 is 1.94 bits per heavy atom. The molecule has 0 fully saturated rings. The molecule has 0 radical (unpaired) electrons. The van der Waals surface area contributed by atoms with Gasteiger partial charge in [-0.2, -0.15) is 5.10 Å². The van der Waals surface area contributed by atoms with Crippen LogP contribution < -0.4 is 11.2 Å². The number of imidazole rings is 1. The lowest BCUT2D eigenvalue weighted by molar-refractivity contribution is -0.115. The highest BCUT2D eigenvalue weighted by Crippen LogP contribution is 2.30. The first-order valence-electron chi connectivity index (χ1n) is 10.6. The second kappa shape index (κ2) is 8.37. The zero-order chi connectivity index (χ0) is 23.8. The third-order valence-electron chi connectivity index (χ3n) is 5.39. The summed E-state index contributed by atoms with van der Waals surface area (Å²) in [6.07, 6.45) is 3.78. The number of nitrogens with one attached hydrogen (secondary N) is 3. The van der Waals surface area contributed by atoms with Crippen LogP contribution in [-0.4, -0.2) is 54.0 Å². The van der Waals surface area contributed by atoms with Crippen molar-refractivity contribution in [1.29, 1.82) is 0 Å². The fourth-order valence-corrected chi connectivity index (χ4v) is 3.62. The number of amides is 2. The molecule has 11 heteroatoms. The summed E-state index contributed by atoms with van der Waals surface area (Å²) in [6.45, 7) is 1.78. The van der Waals surface area contributed by atoms with Crippen molar-refractivity contribution in [3.8, 4) is 22.6 Å². The Morgan fingerprint density at radius 1 is 1.12 bits per heavy atom. The molecule has 0 aliphatic heterocycles. The van der Waals surface area contributed by atoms with Gasteiger partial charge in [0.2, 0.25) is 5.91 Å². The smallest absolute Gasteiger partial charge is 0.269 e. The van der Waals surface area contributed by atoms with E-state index in [2.05, 4.69) is 35.5 Å². The number of para-hydroxylation sites is 1. The number of fused-ring (bicyclic) bond motifs is 2. The van der Waals surface area contributed by atoms with Crippen LogP contribution in [0.2, 0.25) is 0 Å².